The van der Waals surface area contributed by atoms with Crippen molar-refractivity contribution >= 4 is 21.7 Å². The van der Waals surface area contributed by atoms with E-state index in [1.165, 1.54) is 64.2 Å². The van der Waals surface area contributed by atoms with Gasteiger partial charge in [0.2, 0.25) is 0 Å². The second kappa shape index (κ2) is 13.5. The summed E-state index contributed by atoms with van der Waals surface area (Å²) in [5.74, 6) is -0.672. The van der Waals surface area contributed by atoms with Crippen molar-refractivity contribution in [1.82, 2.24) is 0 Å². The molecule has 0 spiro atoms. The molecule has 0 aliphatic rings. The molecule has 1 rings (SSSR count). The van der Waals surface area contributed by atoms with Crippen molar-refractivity contribution in [2.75, 3.05) is 0 Å². The normalized spacial score (nSPS) is 11.9. The Balaban J connectivity index is 2.12. The summed E-state index contributed by atoms with van der Waals surface area (Å²) < 4.78 is 45.1. The minimum absolute atomic E-state index is 0.0570. The van der Waals surface area contributed by atoms with Crippen LogP contribution in [0.2, 0.25) is 5.02 Å². The molecular formula is C21H34ClFO3S. The molecule has 0 saturated heterocycles. The number of hydrogen-bond acceptors (Lipinski definition) is 2. The number of hydrogen-bond donors (Lipinski definition) is 1. The van der Waals surface area contributed by atoms with Gasteiger partial charge in [0.1, 0.15) is 5.82 Å². The maximum absolute atomic E-state index is 14.0. The van der Waals surface area contributed by atoms with Crippen LogP contribution >= 0.6 is 11.6 Å². The zero-order chi connectivity index (χ0) is 20.1. The molecule has 0 bridgehead atoms. The summed E-state index contributed by atoms with van der Waals surface area (Å²) in [6.45, 7) is 2.24. The topological polar surface area (TPSA) is 54.4 Å². The molecule has 0 aliphatic heterocycles. The second-order valence-electron chi connectivity index (χ2n) is 7.33. The Morgan fingerprint density at radius 3 is 1.70 bits per heavy atom. The van der Waals surface area contributed by atoms with Crippen LogP contribution in [0.1, 0.15) is 96.0 Å². The molecule has 27 heavy (non-hydrogen) atoms. The van der Waals surface area contributed by atoms with Gasteiger partial charge in [-0.2, -0.15) is 8.42 Å². The van der Waals surface area contributed by atoms with Crippen LogP contribution in [0.5, 0.6) is 0 Å². The molecule has 0 heterocycles. The molecule has 1 aromatic carbocycles. The van der Waals surface area contributed by atoms with Crippen molar-refractivity contribution in [3.63, 3.8) is 0 Å². The maximum Gasteiger partial charge on any atom is 0.294 e. The summed E-state index contributed by atoms with van der Waals surface area (Å²) in [5.41, 5.74) is 0.326. The second-order valence-corrected chi connectivity index (χ2v) is 9.16. The molecule has 1 N–H and O–H groups in total. The average Bonchev–Trinajstić information content (AvgIpc) is 2.60. The van der Waals surface area contributed by atoms with E-state index in [0.29, 0.717) is 12.0 Å². The summed E-state index contributed by atoms with van der Waals surface area (Å²) in [7, 11) is -4.44. The lowest BCUT2D eigenvalue weighted by Gasteiger charge is -2.08. The average molecular weight is 421 g/mol. The van der Waals surface area contributed by atoms with Crippen molar-refractivity contribution < 1.29 is 17.4 Å². The predicted molar refractivity (Wildman–Crippen MR) is 111 cm³/mol. The van der Waals surface area contributed by atoms with E-state index >= 15 is 0 Å². The highest BCUT2D eigenvalue weighted by atomic mass is 35.5. The molecule has 6 heteroatoms. The van der Waals surface area contributed by atoms with E-state index in [1.54, 1.807) is 0 Å². The van der Waals surface area contributed by atoms with Crippen LogP contribution in [0.15, 0.2) is 17.0 Å². The van der Waals surface area contributed by atoms with Crippen LogP contribution in [0.25, 0.3) is 0 Å². The van der Waals surface area contributed by atoms with Crippen LogP contribution < -0.4 is 0 Å². The molecule has 0 fully saturated rings. The monoisotopic (exact) mass is 420 g/mol. The minimum atomic E-state index is -4.44. The summed E-state index contributed by atoms with van der Waals surface area (Å²) in [4.78, 5) is -0.501. The minimum Gasteiger partial charge on any atom is -0.282 e. The first-order valence-corrected chi connectivity index (χ1v) is 12.1. The van der Waals surface area contributed by atoms with E-state index in [4.69, 9.17) is 16.2 Å². The van der Waals surface area contributed by atoms with E-state index in [1.807, 2.05) is 0 Å². The van der Waals surface area contributed by atoms with Crippen LogP contribution in [0.3, 0.4) is 0 Å². The molecule has 0 aliphatic carbocycles. The summed E-state index contributed by atoms with van der Waals surface area (Å²) in [6.07, 6.45) is 16.6. The van der Waals surface area contributed by atoms with Gasteiger partial charge in [-0.1, -0.05) is 95.6 Å². The number of benzene rings is 1. The third-order valence-electron chi connectivity index (χ3n) is 4.94. The van der Waals surface area contributed by atoms with Gasteiger partial charge in [0.05, 0.1) is 4.90 Å². The molecule has 1 aromatic rings. The molecule has 0 saturated carbocycles. The van der Waals surface area contributed by atoms with Crippen LogP contribution in [-0.2, 0) is 16.5 Å². The van der Waals surface area contributed by atoms with Crippen molar-refractivity contribution in [3.05, 3.63) is 28.5 Å². The lowest BCUT2D eigenvalue weighted by Crippen LogP contribution is -2.02. The Labute approximate surface area is 169 Å². The Morgan fingerprint density at radius 2 is 1.30 bits per heavy atom. The maximum atomic E-state index is 14.0. The lowest BCUT2D eigenvalue weighted by atomic mass is 10.0. The zero-order valence-corrected chi connectivity index (χ0v) is 18.1. The summed E-state index contributed by atoms with van der Waals surface area (Å²) >= 11 is 5.98. The third-order valence-corrected chi connectivity index (χ3v) is 6.11. The van der Waals surface area contributed by atoms with E-state index < -0.39 is 20.8 Å². The van der Waals surface area contributed by atoms with E-state index in [-0.39, 0.29) is 5.02 Å². The fourth-order valence-corrected chi connectivity index (χ4v) is 4.17. The number of halogens is 2. The largest absolute Gasteiger partial charge is 0.294 e. The first-order valence-electron chi connectivity index (χ1n) is 10.3. The van der Waals surface area contributed by atoms with E-state index in [0.717, 1.165) is 31.4 Å². The van der Waals surface area contributed by atoms with Gasteiger partial charge in [-0.3, -0.25) is 4.55 Å². The van der Waals surface area contributed by atoms with Crippen LogP contribution in [0, 0.1) is 5.82 Å². The molecule has 156 valence electrons. The van der Waals surface area contributed by atoms with E-state index in [2.05, 4.69) is 6.92 Å². The zero-order valence-electron chi connectivity index (χ0n) is 16.5. The Kier molecular flexibility index (Phi) is 12.2. The Morgan fingerprint density at radius 1 is 0.852 bits per heavy atom. The van der Waals surface area contributed by atoms with Crippen molar-refractivity contribution in [3.8, 4) is 0 Å². The molecule has 0 radical (unpaired) electrons. The molecule has 0 aromatic heterocycles. The number of rotatable bonds is 15. The third kappa shape index (κ3) is 10.5. The molecule has 0 amide bonds. The van der Waals surface area contributed by atoms with Crippen molar-refractivity contribution in [1.29, 1.82) is 0 Å². The molecule has 3 nitrogen and oxygen atoms in total. The fraction of sp³-hybridized carbons (Fsp3) is 0.714. The smallest absolute Gasteiger partial charge is 0.282 e. The fourth-order valence-electron chi connectivity index (χ4n) is 3.29. The lowest BCUT2D eigenvalue weighted by molar-refractivity contribution is 0.481. The summed E-state index contributed by atoms with van der Waals surface area (Å²) in [6, 6.07) is 1.94. The van der Waals surface area contributed by atoms with Crippen molar-refractivity contribution in [2.45, 2.75) is 102 Å². The molecule has 0 unspecified atom stereocenters. The first kappa shape index (κ1) is 24.4. The highest BCUT2D eigenvalue weighted by molar-refractivity contribution is 7.85. The molecule has 0 atom stereocenters. The van der Waals surface area contributed by atoms with Gasteiger partial charge >= 0.3 is 0 Å². The van der Waals surface area contributed by atoms with Gasteiger partial charge in [0.25, 0.3) is 10.1 Å². The quantitative estimate of drug-likeness (QED) is 0.238. The SMILES string of the molecule is CCCCCCCCCCCCCCCc1c(F)cc(S(=O)(=O)O)cc1Cl. The van der Waals surface area contributed by atoms with Gasteiger partial charge in [0, 0.05) is 10.6 Å². The summed E-state index contributed by atoms with van der Waals surface area (Å²) in [5, 5.41) is 0.0570. The van der Waals surface area contributed by atoms with Gasteiger partial charge in [-0.25, -0.2) is 4.39 Å². The Bertz CT molecular complexity index is 624. The Hall–Kier alpha value is -0.650. The van der Waals surface area contributed by atoms with Gasteiger partial charge in [0.15, 0.2) is 0 Å². The van der Waals surface area contributed by atoms with Crippen LogP contribution in [0.4, 0.5) is 4.39 Å². The van der Waals surface area contributed by atoms with Crippen molar-refractivity contribution in [2.24, 2.45) is 0 Å². The predicted octanol–water partition coefficient (Wildman–Crippen LogP) is 7.36. The van der Waals surface area contributed by atoms with Gasteiger partial charge in [-0.15, -0.1) is 0 Å². The highest BCUT2D eigenvalue weighted by Gasteiger charge is 2.16. The highest BCUT2D eigenvalue weighted by Crippen LogP contribution is 2.26. The number of unbranched alkanes of at least 4 members (excludes halogenated alkanes) is 12. The standard InChI is InChI=1S/C21H34ClFO3S/c1-2-3-4-5-6-7-8-9-10-11-12-13-14-15-19-20(22)16-18(17-21(19)23)27(24,25)26/h16-17H,2-15H2,1H3,(H,24,25,26). The molecular weight excluding hydrogens is 387 g/mol. The first-order chi connectivity index (χ1) is 12.9. The van der Waals surface area contributed by atoms with Gasteiger partial charge in [-0.05, 0) is 25.0 Å². The van der Waals surface area contributed by atoms with Gasteiger partial charge < -0.3 is 0 Å². The van der Waals surface area contributed by atoms with E-state index in [9.17, 15) is 12.8 Å². The van der Waals surface area contributed by atoms with Crippen LogP contribution in [-0.4, -0.2) is 13.0 Å².